The van der Waals surface area contributed by atoms with Crippen LogP contribution >= 0.6 is 0 Å². The van der Waals surface area contributed by atoms with Gasteiger partial charge in [0.25, 0.3) is 0 Å². The largest absolute Gasteiger partial charge is 0.384 e. The monoisotopic (exact) mass is 214 g/mol. The fraction of sp³-hybridized carbons (Fsp3) is 0.909. The van der Waals surface area contributed by atoms with E-state index in [1.165, 1.54) is 0 Å². The van der Waals surface area contributed by atoms with Crippen molar-refractivity contribution in [1.29, 1.82) is 0 Å². The first kappa shape index (κ1) is 12.3. The zero-order valence-corrected chi connectivity index (χ0v) is 10.0. The number of likely N-dealkylation sites (tertiary alicyclic amines) is 1. The van der Waals surface area contributed by atoms with E-state index in [1.807, 2.05) is 23.6 Å². The number of methoxy groups -OCH3 is 1. The number of carbonyl (C=O) groups is 1. The molecule has 4 heteroatoms. The molecule has 15 heavy (non-hydrogen) atoms. The summed E-state index contributed by atoms with van der Waals surface area (Å²) < 4.78 is 5.12. The lowest BCUT2D eigenvalue weighted by Crippen LogP contribution is -2.42. The molecule has 4 nitrogen and oxygen atoms in total. The lowest BCUT2D eigenvalue weighted by molar-refractivity contribution is 0.145. The number of carbonyl (C=O) groups excluding carboxylic acids is 1. The minimum Gasteiger partial charge on any atom is -0.384 e. The predicted octanol–water partition coefficient (Wildman–Crippen LogP) is 1.42. The molecule has 1 aliphatic heterocycles. The van der Waals surface area contributed by atoms with Crippen molar-refractivity contribution in [2.75, 3.05) is 39.9 Å². The van der Waals surface area contributed by atoms with Crippen molar-refractivity contribution in [2.45, 2.75) is 20.3 Å². The number of urea groups is 1. The van der Waals surface area contributed by atoms with Gasteiger partial charge >= 0.3 is 6.03 Å². The molecule has 1 rings (SSSR count). The Kier molecular flexibility index (Phi) is 4.88. The van der Waals surface area contributed by atoms with E-state index in [-0.39, 0.29) is 6.03 Å². The number of ether oxygens (including phenoxy) is 1. The van der Waals surface area contributed by atoms with Gasteiger partial charge in [0.2, 0.25) is 0 Å². The lowest BCUT2D eigenvalue weighted by Gasteiger charge is -2.25. The van der Waals surface area contributed by atoms with Crippen LogP contribution in [0.3, 0.4) is 0 Å². The Labute approximate surface area is 92.2 Å². The summed E-state index contributed by atoms with van der Waals surface area (Å²) in [5.41, 5.74) is 0. The first-order valence-corrected chi connectivity index (χ1v) is 5.75. The van der Waals surface area contributed by atoms with Crippen LogP contribution in [0.15, 0.2) is 0 Å². The summed E-state index contributed by atoms with van der Waals surface area (Å²) >= 11 is 0. The van der Waals surface area contributed by atoms with Gasteiger partial charge in [-0.15, -0.1) is 0 Å². The van der Waals surface area contributed by atoms with E-state index in [4.69, 9.17) is 4.74 Å². The molecule has 0 aliphatic carbocycles. The molecule has 1 unspecified atom stereocenters. The second-order valence-electron chi connectivity index (χ2n) is 4.01. The Morgan fingerprint density at radius 1 is 1.47 bits per heavy atom. The summed E-state index contributed by atoms with van der Waals surface area (Å²) in [5.74, 6) is 0.523. The lowest BCUT2D eigenvalue weighted by atomic mass is 10.1. The summed E-state index contributed by atoms with van der Waals surface area (Å²) in [6.07, 6.45) is 1.07. The summed E-state index contributed by atoms with van der Waals surface area (Å²) in [5, 5.41) is 0. The minimum absolute atomic E-state index is 0.179. The van der Waals surface area contributed by atoms with Gasteiger partial charge in [0, 0.05) is 39.2 Å². The molecule has 0 aromatic heterocycles. The molecule has 1 atom stereocenters. The zero-order valence-electron chi connectivity index (χ0n) is 10.0. The molecule has 88 valence electrons. The van der Waals surface area contributed by atoms with Crippen molar-refractivity contribution in [2.24, 2.45) is 5.92 Å². The van der Waals surface area contributed by atoms with Crippen LogP contribution in [0.2, 0.25) is 0 Å². The first-order valence-electron chi connectivity index (χ1n) is 5.75. The maximum atomic E-state index is 12.0. The maximum Gasteiger partial charge on any atom is 0.319 e. The molecule has 1 heterocycles. The third kappa shape index (κ3) is 3.09. The summed E-state index contributed by atoms with van der Waals surface area (Å²) in [6, 6.07) is 0.179. The standard InChI is InChI=1S/C11H22N2O2/c1-4-12(5-2)11(14)13-7-6-10(8-13)9-15-3/h10H,4-9H2,1-3H3. The van der Waals surface area contributed by atoms with Crippen LogP contribution in [-0.4, -0.2) is 55.7 Å². The molecular formula is C11H22N2O2. The number of hydrogen-bond donors (Lipinski definition) is 0. The number of hydrogen-bond acceptors (Lipinski definition) is 2. The van der Waals surface area contributed by atoms with Gasteiger partial charge in [0.15, 0.2) is 0 Å². The summed E-state index contributed by atoms with van der Waals surface area (Å²) in [4.78, 5) is 15.8. The normalized spacial score (nSPS) is 20.7. The average molecular weight is 214 g/mol. The minimum atomic E-state index is 0.179. The van der Waals surface area contributed by atoms with E-state index in [1.54, 1.807) is 7.11 Å². The van der Waals surface area contributed by atoms with Gasteiger partial charge in [-0.3, -0.25) is 0 Å². The molecular weight excluding hydrogens is 192 g/mol. The van der Waals surface area contributed by atoms with Gasteiger partial charge in [0.1, 0.15) is 0 Å². The highest BCUT2D eigenvalue weighted by Crippen LogP contribution is 2.17. The molecule has 0 aromatic rings. The van der Waals surface area contributed by atoms with E-state index in [0.29, 0.717) is 5.92 Å². The Hall–Kier alpha value is -0.770. The van der Waals surface area contributed by atoms with E-state index < -0.39 is 0 Å². The number of nitrogens with zero attached hydrogens (tertiary/aromatic N) is 2. The molecule has 1 aliphatic rings. The number of amides is 2. The Balaban J connectivity index is 2.42. The van der Waals surface area contributed by atoms with Gasteiger partial charge in [-0.2, -0.15) is 0 Å². The van der Waals surface area contributed by atoms with Gasteiger partial charge in [-0.1, -0.05) is 0 Å². The summed E-state index contributed by atoms with van der Waals surface area (Å²) in [6.45, 7) is 8.12. The zero-order chi connectivity index (χ0) is 11.3. The quantitative estimate of drug-likeness (QED) is 0.709. The Bertz CT molecular complexity index is 205. The van der Waals surface area contributed by atoms with Gasteiger partial charge in [-0.25, -0.2) is 4.79 Å². The third-order valence-corrected chi connectivity index (χ3v) is 2.99. The van der Waals surface area contributed by atoms with Crippen molar-refractivity contribution in [1.82, 2.24) is 9.80 Å². The highest BCUT2D eigenvalue weighted by atomic mass is 16.5. The van der Waals surface area contributed by atoms with Crippen molar-refractivity contribution in [3.05, 3.63) is 0 Å². The van der Waals surface area contributed by atoms with Crippen molar-refractivity contribution < 1.29 is 9.53 Å². The van der Waals surface area contributed by atoms with Crippen LogP contribution in [0, 0.1) is 5.92 Å². The van der Waals surface area contributed by atoms with E-state index in [9.17, 15) is 4.79 Å². The second-order valence-corrected chi connectivity index (χ2v) is 4.01. The Morgan fingerprint density at radius 3 is 2.67 bits per heavy atom. The second kappa shape index (κ2) is 5.95. The highest BCUT2D eigenvalue weighted by Gasteiger charge is 2.27. The fourth-order valence-electron chi connectivity index (χ4n) is 2.07. The maximum absolute atomic E-state index is 12.0. The smallest absolute Gasteiger partial charge is 0.319 e. The molecule has 0 aromatic carbocycles. The van der Waals surface area contributed by atoms with Crippen molar-refractivity contribution in [3.8, 4) is 0 Å². The SMILES string of the molecule is CCN(CC)C(=O)N1CCC(COC)C1. The predicted molar refractivity (Wildman–Crippen MR) is 59.9 cm³/mol. The fourth-order valence-corrected chi connectivity index (χ4v) is 2.07. The molecule has 2 amide bonds. The molecule has 1 fully saturated rings. The number of rotatable bonds is 4. The van der Waals surface area contributed by atoms with E-state index in [0.717, 1.165) is 39.2 Å². The average Bonchev–Trinajstić information content (AvgIpc) is 2.68. The first-order chi connectivity index (χ1) is 7.22. The van der Waals surface area contributed by atoms with Gasteiger partial charge in [-0.05, 0) is 20.3 Å². The van der Waals surface area contributed by atoms with Crippen LogP contribution in [0.25, 0.3) is 0 Å². The van der Waals surface area contributed by atoms with Crippen LogP contribution in [0.5, 0.6) is 0 Å². The van der Waals surface area contributed by atoms with Gasteiger partial charge < -0.3 is 14.5 Å². The third-order valence-electron chi connectivity index (χ3n) is 2.99. The van der Waals surface area contributed by atoms with Crippen LogP contribution in [0.1, 0.15) is 20.3 Å². The Morgan fingerprint density at radius 2 is 2.13 bits per heavy atom. The highest BCUT2D eigenvalue weighted by molar-refractivity contribution is 5.74. The van der Waals surface area contributed by atoms with Crippen molar-refractivity contribution >= 4 is 6.03 Å². The molecule has 0 N–H and O–H groups in total. The van der Waals surface area contributed by atoms with Crippen LogP contribution < -0.4 is 0 Å². The topological polar surface area (TPSA) is 32.8 Å². The molecule has 0 saturated carbocycles. The van der Waals surface area contributed by atoms with Crippen molar-refractivity contribution in [3.63, 3.8) is 0 Å². The van der Waals surface area contributed by atoms with Crippen LogP contribution in [0.4, 0.5) is 4.79 Å². The van der Waals surface area contributed by atoms with E-state index >= 15 is 0 Å². The molecule has 0 spiro atoms. The van der Waals surface area contributed by atoms with Crippen LogP contribution in [-0.2, 0) is 4.74 Å². The molecule has 0 radical (unpaired) electrons. The summed E-state index contributed by atoms with van der Waals surface area (Å²) in [7, 11) is 1.72. The van der Waals surface area contributed by atoms with Gasteiger partial charge in [0.05, 0.1) is 6.61 Å². The van der Waals surface area contributed by atoms with E-state index in [2.05, 4.69) is 0 Å². The molecule has 0 bridgehead atoms. The molecule has 1 saturated heterocycles.